The summed E-state index contributed by atoms with van der Waals surface area (Å²) in [6.07, 6.45) is 9.66. The number of pyridine rings is 2. The fourth-order valence-electron chi connectivity index (χ4n) is 5.50. The molecule has 1 aliphatic heterocycles. The normalized spacial score (nSPS) is 25.6. The monoisotopic (exact) mass is 447 g/mol. The Labute approximate surface area is 195 Å². The standard InChI is InChI=1S/C26H33N5O2/c1-17-13-20(16-30-24(17)28-19(3)29-30)14-26(4)10-7-21(8-11-26)25(32)31-23(9-12-33-31)22-6-5-18(2)27-15-22/h5-6,13,15-16,21,23H,7-12,14H2,1-4H3/t21?,23-,26?/m0/s1. The molecule has 0 N–H and O–H groups in total. The third-order valence-electron chi connectivity index (χ3n) is 7.39. The highest BCUT2D eigenvalue weighted by Gasteiger charge is 2.40. The lowest BCUT2D eigenvalue weighted by Crippen LogP contribution is -2.38. The van der Waals surface area contributed by atoms with Gasteiger partial charge in [0.15, 0.2) is 5.65 Å². The highest BCUT2D eigenvalue weighted by Crippen LogP contribution is 2.43. The van der Waals surface area contributed by atoms with Gasteiger partial charge >= 0.3 is 0 Å². The summed E-state index contributed by atoms with van der Waals surface area (Å²) >= 11 is 0. The molecule has 1 saturated carbocycles. The van der Waals surface area contributed by atoms with Gasteiger partial charge in [-0.2, -0.15) is 5.10 Å². The Morgan fingerprint density at radius 2 is 1.97 bits per heavy atom. The van der Waals surface area contributed by atoms with Crippen LogP contribution in [0.1, 0.15) is 73.3 Å². The van der Waals surface area contributed by atoms with Crippen molar-refractivity contribution in [2.75, 3.05) is 6.61 Å². The minimum Gasteiger partial charge on any atom is -0.272 e. The van der Waals surface area contributed by atoms with Crippen LogP contribution in [0.2, 0.25) is 0 Å². The van der Waals surface area contributed by atoms with E-state index in [0.29, 0.717) is 6.61 Å². The largest absolute Gasteiger partial charge is 0.272 e. The van der Waals surface area contributed by atoms with E-state index in [0.717, 1.165) is 66.8 Å². The molecule has 0 spiro atoms. The first-order valence-corrected chi connectivity index (χ1v) is 12.0. The Hall–Kier alpha value is -2.80. The molecule has 4 heterocycles. The van der Waals surface area contributed by atoms with Crippen LogP contribution in [0.25, 0.3) is 5.65 Å². The number of hydrogen-bond donors (Lipinski definition) is 0. The molecule has 2 aliphatic rings. The van der Waals surface area contributed by atoms with E-state index >= 15 is 0 Å². The first-order valence-electron chi connectivity index (χ1n) is 12.0. The van der Waals surface area contributed by atoms with Gasteiger partial charge < -0.3 is 0 Å². The Morgan fingerprint density at radius 3 is 2.70 bits per heavy atom. The number of rotatable bonds is 4. The van der Waals surface area contributed by atoms with Gasteiger partial charge in [-0.1, -0.05) is 19.1 Å². The average Bonchev–Trinajstić information content (AvgIpc) is 3.41. The fraction of sp³-hybridized carbons (Fsp3) is 0.538. The molecule has 3 aromatic rings. The van der Waals surface area contributed by atoms with Crippen molar-refractivity contribution in [1.29, 1.82) is 0 Å². The van der Waals surface area contributed by atoms with E-state index in [2.05, 4.69) is 47.2 Å². The Balaban J connectivity index is 1.24. The zero-order valence-corrected chi connectivity index (χ0v) is 20.0. The summed E-state index contributed by atoms with van der Waals surface area (Å²) in [5.41, 5.74) is 5.59. The molecule has 1 saturated heterocycles. The number of carbonyl (C=O) groups is 1. The maximum atomic E-state index is 13.4. The zero-order valence-electron chi connectivity index (χ0n) is 20.0. The summed E-state index contributed by atoms with van der Waals surface area (Å²) in [6, 6.07) is 6.28. The van der Waals surface area contributed by atoms with Crippen molar-refractivity contribution in [3.05, 3.63) is 58.8 Å². The van der Waals surface area contributed by atoms with E-state index in [-0.39, 0.29) is 23.3 Å². The molecule has 33 heavy (non-hydrogen) atoms. The maximum Gasteiger partial charge on any atom is 0.249 e. The van der Waals surface area contributed by atoms with Gasteiger partial charge in [0.2, 0.25) is 5.91 Å². The maximum absolute atomic E-state index is 13.4. The second-order valence-electron chi connectivity index (χ2n) is 10.3. The van der Waals surface area contributed by atoms with Crippen LogP contribution < -0.4 is 0 Å². The smallest absolute Gasteiger partial charge is 0.249 e. The van der Waals surface area contributed by atoms with Crippen LogP contribution in [0.4, 0.5) is 0 Å². The molecular weight excluding hydrogens is 414 g/mol. The van der Waals surface area contributed by atoms with Crippen molar-refractivity contribution in [3.63, 3.8) is 0 Å². The van der Waals surface area contributed by atoms with E-state index < -0.39 is 0 Å². The van der Waals surface area contributed by atoms with E-state index in [1.165, 1.54) is 5.56 Å². The molecule has 0 bridgehead atoms. The molecule has 1 atom stereocenters. The van der Waals surface area contributed by atoms with Gasteiger partial charge in [0.05, 0.1) is 12.6 Å². The topological polar surface area (TPSA) is 72.6 Å². The molecule has 2 fully saturated rings. The number of nitrogens with zero attached hydrogens (tertiary/aromatic N) is 5. The summed E-state index contributed by atoms with van der Waals surface area (Å²) in [5.74, 6) is 0.957. The Morgan fingerprint density at radius 1 is 1.18 bits per heavy atom. The molecule has 7 heteroatoms. The molecule has 1 aliphatic carbocycles. The molecule has 0 aromatic carbocycles. The molecule has 3 aromatic heterocycles. The van der Waals surface area contributed by atoms with Gasteiger partial charge in [0, 0.05) is 30.4 Å². The van der Waals surface area contributed by atoms with Crippen LogP contribution in [0.3, 0.4) is 0 Å². The van der Waals surface area contributed by atoms with Crippen molar-refractivity contribution >= 4 is 11.6 Å². The molecule has 5 rings (SSSR count). The SMILES string of the molecule is Cc1ccc([C@@H]2CCON2C(=O)C2CCC(C)(Cc3cc(C)c4nc(C)nn4c3)CC2)cn1. The zero-order chi connectivity index (χ0) is 23.2. The summed E-state index contributed by atoms with van der Waals surface area (Å²) in [7, 11) is 0. The first kappa shape index (κ1) is 22.0. The second kappa shape index (κ2) is 8.52. The van der Waals surface area contributed by atoms with Gasteiger partial charge in [-0.3, -0.25) is 14.6 Å². The van der Waals surface area contributed by atoms with Gasteiger partial charge in [-0.05, 0) is 81.0 Å². The molecule has 0 unspecified atom stereocenters. The lowest BCUT2D eigenvalue weighted by Gasteiger charge is -2.38. The quantitative estimate of drug-likeness (QED) is 0.580. The molecule has 1 amide bonds. The second-order valence-corrected chi connectivity index (χ2v) is 10.3. The molecule has 0 radical (unpaired) electrons. The van der Waals surface area contributed by atoms with Crippen molar-refractivity contribution < 1.29 is 9.63 Å². The lowest BCUT2D eigenvalue weighted by molar-refractivity contribution is -0.183. The third kappa shape index (κ3) is 4.38. The molecule has 174 valence electrons. The molecule has 7 nitrogen and oxygen atoms in total. The minimum absolute atomic E-state index is 0.0271. The van der Waals surface area contributed by atoms with Crippen molar-refractivity contribution in [1.82, 2.24) is 24.6 Å². The predicted molar refractivity (Wildman–Crippen MR) is 125 cm³/mol. The van der Waals surface area contributed by atoms with E-state index in [1.54, 1.807) is 5.06 Å². The number of aryl methyl sites for hydroxylation is 3. The number of hydrogen-bond acceptors (Lipinski definition) is 5. The van der Waals surface area contributed by atoms with Crippen molar-refractivity contribution in [3.8, 4) is 0 Å². The van der Waals surface area contributed by atoms with Crippen LogP contribution in [0, 0.1) is 32.1 Å². The van der Waals surface area contributed by atoms with E-state index in [9.17, 15) is 4.79 Å². The Kier molecular flexibility index (Phi) is 5.69. The number of fused-ring (bicyclic) bond motifs is 1. The van der Waals surface area contributed by atoms with Crippen molar-refractivity contribution in [2.45, 2.75) is 72.3 Å². The third-order valence-corrected chi connectivity index (χ3v) is 7.39. The minimum atomic E-state index is -0.0280. The van der Waals surface area contributed by atoms with Crippen LogP contribution in [0.15, 0.2) is 30.6 Å². The highest BCUT2D eigenvalue weighted by molar-refractivity contribution is 5.78. The number of hydroxylamine groups is 2. The van der Waals surface area contributed by atoms with Gasteiger partial charge in [0.25, 0.3) is 0 Å². The predicted octanol–water partition coefficient (Wildman–Crippen LogP) is 4.69. The van der Waals surface area contributed by atoms with E-state index in [1.807, 2.05) is 30.6 Å². The summed E-state index contributed by atoms with van der Waals surface area (Å²) in [4.78, 5) is 28.1. The number of amides is 1. The lowest BCUT2D eigenvalue weighted by atomic mass is 9.68. The van der Waals surface area contributed by atoms with Gasteiger partial charge in [-0.25, -0.2) is 14.6 Å². The van der Waals surface area contributed by atoms with Gasteiger partial charge in [0.1, 0.15) is 5.82 Å². The van der Waals surface area contributed by atoms with Crippen LogP contribution in [-0.2, 0) is 16.1 Å². The Bertz CT molecular complexity index is 1160. The highest BCUT2D eigenvalue weighted by atomic mass is 16.7. The van der Waals surface area contributed by atoms with Crippen LogP contribution >= 0.6 is 0 Å². The number of aromatic nitrogens is 4. The first-order chi connectivity index (χ1) is 15.8. The van der Waals surface area contributed by atoms with E-state index in [4.69, 9.17) is 4.84 Å². The summed E-state index contributed by atoms with van der Waals surface area (Å²) < 4.78 is 1.91. The average molecular weight is 448 g/mol. The number of carbonyl (C=O) groups excluding carboxylic acids is 1. The van der Waals surface area contributed by atoms with Crippen molar-refractivity contribution in [2.24, 2.45) is 11.3 Å². The van der Waals surface area contributed by atoms with Gasteiger partial charge in [-0.15, -0.1) is 0 Å². The van der Waals surface area contributed by atoms with Crippen LogP contribution in [0.5, 0.6) is 0 Å². The molecular formula is C26H33N5O2. The summed E-state index contributed by atoms with van der Waals surface area (Å²) in [5, 5.41) is 6.15. The fourth-order valence-corrected chi connectivity index (χ4v) is 5.50. The summed E-state index contributed by atoms with van der Waals surface area (Å²) in [6.45, 7) is 8.94. The van der Waals surface area contributed by atoms with Crippen LogP contribution in [-0.4, -0.2) is 37.2 Å².